The highest BCUT2D eigenvalue weighted by molar-refractivity contribution is 6.30. The van der Waals surface area contributed by atoms with E-state index in [1.54, 1.807) is 12.1 Å². The quantitative estimate of drug-likeness (QED) is 0.785. The third kappa shape index (κ3) is 4.20. The molecular weight excluding hydrogens is 250 g/mol. The zero-order chi connectivity index (χ0) is 12.8. The van der Waals surface area contributed by atoms with E-state index in [1.807, 2.05) is 12.1 Å². The summed E-state index contributed by atoms with van der Waals surface area (Å²) in [6.07, 6.45) is 2.23. The first-order chi connectivity index (χ1) is 8.74. The molecule has 4 nitrogen and oxygen atoms in total. The number of nitrogens with one attached hydrogen (secondary N) is 3. The van der Waals surface area contributed by atoms with Crippen LogP contribution in [0.4, 0.5) is 10.5 Å². The number of rotatable bonds is 4. The van der Waals surface area contributed by atoms with Gasteiger partial charge in [-0.15, -0.1) is 0 Å². The van der Waals surface area contributed by atoms with E-state index in [0.29, 0.717) is 23.2 Å². The van der Waals surface area contributed by atoms with Crippen molar-refractivity contribution in [2.24, 2.45) is 5.92 Å². The van der Waals surface area contributed by atoms with Crippen LogP contribution in [0.25, 0.3) is 0 Å². The molecule has 1 saturated heterocycles. The standard InChI is InChI=1S/C13H18ClN3O/c14-11-2-1-3-12(8-11)17-13(18)16-7-5-10-4-6-15-9-10/h1-3,8,10,15H,4-7,9H2,(H2,16,17,18). The SMILES string of the molecule is O=C(NCCC1CCNC1)Nc1cccc(Cl)c1. The summed E-state index contributed by atoms with van der Waals surface area (Å²) in [6, 6.07) is 6.94. The molecule has 1 unspecified atom stereocenters. The second-order valence-electron chi connectivity index (χ2n) is 4.54. The third-order valence-electron chi connectivity index (χ3n) is 3.08. The minimum absolute atomic E-state index is 0.178. The van der Waals surface area contributed by atoms with Crippen LogP contribution in [0.1, 0.15) is 12.8 Å². The summed E-state index contributed by atoms with van der Waals surface area (Å²) in [7, 11) is 0. The Morgan fingerprint density at radius 1 is 1.50 bits per heavy atom. The summed E-state index contributed by atoms with van der Waals surface area (Å²) in [4.78, 5) is 11.6. The molecule has 18 heavy (non-hydrogen) atoms. The van der Waals surface area contributed by atoms with Gasteiger partial charge in [0.1, 0.15) is 0 Å². The van der Waals surface area contributed by atoms with Crippen LogP contribution in [-0.2, 0) is 0 Å². The largest absolute Gasteiger partial charge is 0.338 e. The maximum Gasteiger partial charge on any atom is 0.319 e. The number of carbonyl (C=O) groups excluding carboxylic acids is 1. The molecule has 0 spiro atoms. The number of urea groups is 1. The van der Waals surface area contributed by atoms with Gasteiger partial charge in [0, 0.05) is 17.3 Å². The normalized spacial score (nSPS) is 18.6. The van der Waals surface area contributed by atoms with Gasteiger partial charge in [-0.2, -0.15) is 0 Å². The topological polar surface area (TPSA) is 53.2 Å². The van der Waals surface area contributed by atoms with Crippen molar-refractivity contribution in [1.29, 1.82) is 0 Å². The first kappa shape index (κ1) is 13.2. The minimum atomic E-state index is -0.178. The molecule has 0 aliphatic carbocycles. The molecule has 0 saturated carbocycles. The highest BCUT2D eigenvalue weighted by Gasteiger charge is 2.13. The van der Waals surface area contributed by atoms with Gasteiger partial charge >= 0.3 is 6.03 Å². The van der Waals surface area contributed by atoms with Gasteiger partial charge in [0.05, 0.1) is 0 Å². The maximum absolute atomic E-state index is 11.6. The van der Waals surface area contributed by atoms with Crippen LogP contribution in [-0.4, -0.2) is 25.7 Å². The molecule has 1 heterocycles. The van der Waals surface area contributed by atoms with Gasteiger partial charge in [0.25, 0.3) is 0 Å². The predicted molar refractivity (Wildman–Crippen MR) is 74.1 cm³/mol. The van der Waals surface area contributed by atoms with Crippen LogP contribution >= 0.6 is 11.6 Å². The third-order valence-corrected chi connectivity index (χ3v) is 3.32. The summed E-state index contributed by atoms with van der Waals surface area (Å²) >= 11 is 5.84. The van der Waals surface area contributed by atoms with Crippen molar-refractivity contribution in [3.05, 3.63) is 29.3 Å². The van der Waals surface area contributed by atoms with Gasteiger partial charge in [-0.05, 0) is 50.0 Å². The molecule has 3 N–H and O–H groups in total. The van der Waals surface area contributed by atoms with Gasteiger partial charge in [-0.1, -0.05) is 17.7 Å². The van der Waals surface area contributed by atoms with Crippen molar-refractivity contribution in [2.45, 2.75) is 12.8 Å². The number of anilines is 1. The molecule has 0 aromatic heterocycles. The van der Waals surface area contributed by atoms with Crippen molar-refractivity contribution in [3.8, 4) is 0 Å². The Morgan fingerprint density at radius 2 is 2.39 bits per heavy atom. The van der Waals surface area contributed by atoms with Gasteiger partial charge in [-0.3, -0.25) is 0 Å². The fourth-order valence-corrected chi connectivity index (χ4v) is 2.28. The molecule has 2 amide bonds. The number of hydrogen-bond acceptors (Lipinski definition) is 2. The fourth-order valence-electron chi connectivity index (χ4n) is 2.09. The molecule has 1 atom stereocenters. The zero-order valence-corrected chi connectivity index (χ0v) is 11.0. The first-order valence-electron chi connectivity index (χ1n) is 6.25. The summed E-state index contributed by atoms with van der Waals surface area (Å²) < 4.78 is 0. The Hall–Kier alpha value is -1.26. The predicted octanol–water partition coefficient (Wildman–Crippen LogP) is 2.46. The number of amides is 2. The van der Waals surface area contributed by atoms with Crippen LogP contribution in [0.5, 0.6) is 0 Å². The van der Waals surface area contributed by atoms with E-state index in [4.69, 9.17) is 11.6 Å². The van der Waals surface area contributed by atoms with Crippen LogP contribution in [0.15, 0.2) is 24.3 Å². The second kappa shape index (κ2) is 6.61. The van der Waals surface area contributed by atoms with Gasteiger partial charge in [0.2, 0.25) is 0 Å². The molecule has 1 aliphatic heterocycles. The van der Waals surface area contributed by atoms with Crippen molar-refractivity contribution in [3.63, 3.8) is 0 Å². The van der Waals surface area contributed by atoms with Crippen molar-refractivity contribution < 1.29 is 4.79 Å². The number of benzene rings is 1. The number of hydrogen-bond donors (Lipinski definition) is 3. The maximum atomic E-state index is 11.6. The summed E-state index contributed by atoms with van der Waals surface area (Å²) in [5.41, 5.74) is 0.711. The second-order valence-corrected chi connectivity index (χ2v) is 4.98. The van der Waals surface area contributed by atoms with Crippen LogP contribution in [0, 0.1) is 5.92 Å². The van der Waals surface area contributed by atoms with E-state index in [-0.39, 0.29) is 6.03 Å². The van der Waals surface area contributed by atoms with E-state index in [0.717, 1.165) is 19.5 Å². The molecule has 2 rings (SSSR count). The molecule has 1 aromatic carbocycles. The number of carbonyl (C=O) groups is 1. The van der Waals surface area contributed by atoms with Crippen molar-refractivity contribution in [1.82, 2.24) is 10.6 Å². The highest BCUT2D eigenvalue weighted by Crippen LogP contribution is 2.14. The van der Waals surface area contributed by atoms with E-state index in [2.05, 4.69) is 16.0 Å². The average Bonchev–Trinajstić information content (AvgIpc) is 2.82. The fraction of sp³-hybridized carbons (Fsp3) is 0.462. The molecular formula is C13H18ClN3O. The molecule has 0 bridgehead atoms. The molecule has 1 aromatic rings. The molecule has 1 fully saturated rings. The van der Waals surface area contributed by atoms with E-state index in [1.165, 1.54) is 6.42 Å². The smallest absolute Gasteiger partial charge is 0.319 e. The lowest BCUT2D eigenvalue weighted by atomic mass is 10.1. The van der Waals surface area contributed by atoms with Crippen molar-refractivity contribution in [2.75, 3.05) is 25.0 Å². The number of halogens is 1. The Balaban J connectivity index is 1.68. The minimum Gasteiger partial charge on any atom is -0.338 e. The van der Waals surface area contributed by atoms with E-state index >= 15 is 0 Å². The van der Waals surface area contributed by atoms with Crippen molar-refractivity contribution >= 4 is 23.3 Å². The Bertz CT molecular complexity index is 405. The lowest BCUT2D eigenvalue weighted by molar-refractivity contribution is 0.251. The monoisotopic (exact) mass is 267 g/mol. The lowest BCUT2D eigenvalue weighted by Gasteiger charge is -2.10. The average molecular weight is 268 g/mol. The van der Waals surface area contributed by atoms with Gasteiger partial charge in [-0.25, -0.2) is 4.79 Å². The Kier molecular flexibility index (Phi) is 4.84. The van der Waals surface area contributed by atoms with Crippen LogP contribution < -0.4 is 16.0 Å². The Morgan fingerprint density at radius 3 is 3.11 bits per heavy atom. The van der Waals surface area contributed by atoms with Gasteiger partial charge < -0.3 is 16.0 Å². The van der Waals surface area contributed by atoms with E-state index < -0.39 is 0 Å². The van der Waals surface area contributed by atoms with Gasteiger partial charge in [0.15, 0.2) is 0 Å². The Labute approximate surface area is 112 Å². The lowest BCUT2D eigenvalue weighted by Crippen LogP contribution is -2.30. The zero-order valence-electron chi connectivity index (χ0n) is 10.2. The van der Waals surface area contributed by atoms with Crippen LogP contribution in [0.2, 0.25) is 5.02 Å². The molecule has 98 valence electrons. The van der Waals surface area contributed by atoms with E-state index in [9.17, 15) is 4.79 Å². The molecule has 5 heteroatoms. The molecule has 1 aliphatic rings. The first-order valence-corrected chi connectivity index (χ1v) is 6.63. The van der Waals surface area contributed by atoms with Crippen LogP contribution in [0.3, 0.4) is 0 Å². The molecule has 0 radical (unpaired) electrons. The summed E-state index contributed by atoms with van der Waals surface area (Å²) in [6.45, 7) is 2.87. The highest BCUT2D eigenvalue weighted by atomic mass is 35.5. The summed E-state index contributed by atoms with van der Waals surface area (Å²) in [5, 5.41) is 9.54. The summed E-state index contributed by atoms with van der Waals surface area (Å²) in [5.74, 6) is 0.691.